The Kier molecular flexibility index (Phi) is 5.12. The Balaban J connectivity index is 1.90. The van der Waals surface area contributed by atoms with Crippen molar-refractivity contribution in [2.45, 2.75) is 6.61 Å². The van der Waals surface area contributed by atoms with Crippen molar-refractivity contribution >= 4 is 17.0 Å². The Morgan fingerprint density at radius 2 is 1.88 bits per heavy atom. The lowest BCUT2D eigenvalue weighted by atomic mass is 10.1. The minimum Gasteiger partial charge on any atom is -0.496 e. The van der Waals surface area contributed by atoms with Crippen molar-refractivity contribution in [1.29, 1.82) is 10.5 Å². The third-order valence-corrected chi connectivity index (χ3v) is 3.84. The van der Waals surface area contributed by atoms with Gasteiger partial charge >= 0.3 is 0 Å². The van der Waals surface area contributed by atoms with E-state index < -0.39 is 0 Å². The molecule has 0 spiro atoms. The molecule has 0 saturated heterocycles. The second-order valence-corrected chi connectivity index (χ2v) is 5.47. The van der Waals surface area contributed by atoms with Gasteiger partial charge in [0.25, 0.3) is 0 Å². The van der Waals surface area contributed by atoms with Crippen LogP contribution in [-0.4, -0.2) is 12.1 Å². The van der Waals surface area contributed by atoms with Crippen molar-refractivity contribution in [3.63, 3.8) is 0 Å². The van der Waals surface area contributed by atoms with E-state index in [1.165, 1.54) is 6.08 Å². The van der Waals surface area contributed by atoms with Gasteiger partial charge < -0.3 is 9.47 Å². The maximum Gasteiger partial charge on any atom is 0.146 e. The molecular formula is C21H15N3O2. The summed E-state index contributed by atoms with van der Waals surface area (Å²) in [6.45, 7) is 0.273. The van der Waals surface area contributed by atoms with Crippen molar-refractivity contribution in [2.75, 3.05) is 7.11 Å². The molecule has 0 N–H and O–H groups in total. The summed E-state index contributed by atoms with van der Waals surface area (Å²) in [6, 6.07) is 18.8. The number of aromatic nitrogens is 1. The zero-order valence-corrected chi connectivity index (χ0v) is 14.1. The number of pyridine rings is 1. The first-order valence-corrected chi connectivity index (χ1v) is 7.90. The lowest BCUT2D eigenvalue weighted by Gasteiger charge is -2.12. The van der Waals surface area contributed by atoms with Crippen molar-refractivity contribution < 1.29 is 9.47 Å². The van der Waals surface area contributed by atoms with Crippen LogP contribution in [0, 0.1) is 22.7 Å². The topological polar surface area (TPSA) is 78.9 Å². The molecule has 2 aromatic carbocycles. The van der Waals surface area contributed by atoms with Gasteiger partial charge in [-0.2, -0.15) is 10.5 Å². The van der Waals surface area contributed by atoms with Crippen LogP contribution in [0.3, 0.4) is 0 Å². The standard InChI is InChI=1S/C21H15N3O2/c1-25-19-8-7-15(10-16(12-22)13-23)11-18(19)14-26-20-6-2-4-17-5-3-9-24-21(17)20/h2-11H,14H2,1H3. The van der Waals surface area contributed by atoms with E-state index in [-0.39, 0.29) is 12.2 Å². The van der Waals surface area contributed by atoms with Gasteiger partial charge in [-0.25, -0.2) is 0 Å². The highest BCUT2D eigenvalue weighted by molar-refractivity contribution is 5.84. The Labute approximate surface area is 151 Å². The van der Waals surface area contributed by atoms with Gasteiger partial charge in [-0.05, 0) is 35.9 Å². The number of ether oxygens (including phenoxy) is 2. The summed E-state index contributed by atoms with van der Waals surface area (Å²) in [6.07, 6.45) is 3.26. The smallest absolute Gasteiger partial charge is 0.146 e. The summed E-state index contributed by atoms with van der Waals surface area (Å²) in [5.41, 5.74) is 2.38. The first-order valence-electron chi connectivity index (χ1n) is 7.90. The molecule has 3 aromatic rings. The van der Waals surface area contributed by atoms with Crippen LogP contribution in [-0.2, 0) is 6.61 Å². The molecule has 26 heavy (non-hydrogen) atoms. The second-order valence-electron chi connectivity index (χ2n) is 5.47. The number of allylic oxidation sites excluding steroid dienone is 1. The third-order valence-electron chi connectivity index (χ3n) is 3.84. The van der Waals surface area contributed by atoms with Crippen LogP contribution in [0.1, 0.15) is 11.1 Å². The predicted octanol–water partition coefficient (Wildman–Crippen LogP) is 4.25. The van der Waals surface area contributed by atoms with Crippen molar-refractivity contribution in [2.24, 2.45) is 0 Å². The van der Waals surface area contributed by atoms with Crippen LogP contribution >= 0.6 is 0 Å². The molecule has 0 radical (unpaired) electrons. The highest BCUT2D eigenvalue weighted by Crippen LogP contribution is 2.27. The van der Waals surface area contributed by atoms with E-state index in [0.29, 0.717) is 11.5 Å². The van der Waals surface area contributed by atoms with E-state index in [2.05, 4.69) is 4.98 Å². The second kappa shape index (κ2) is 7.83. The molecule has 0 aliphatic rings. The quantitative estimate of drug-likeness (QED) is 0.648. The summed E-state index contributed by atoms with van der Waals surface area (Å²) < 4.78 is 11.4. The molecular weight excluding hydrogens is 326 g/mol. The van der Waals surface area contributed by atoms with Gasteiger partial charge in [0.15, 0.2) is 0 Å². The Morgan fingerprint density at radius 1 is 1.08 bits per heavy atom. The number of hydrogen-bond donors (Lipinski definition) is 0. The van der Waals surface area contributed by atoms with Gasteiger partial charge in [0, 0.05) is 17.1 Å². The van der Waals surface area contributed by atoms with Crippen LogP contribution in [0.2, 0.25) is 0 Å². The first-order chi connectivity index (χ1) is 12.7. The van der Waals surface area contributed by atoms with Gasteiger partial charge in [0.05, 0.1) is 7.11 Å². The first kappa shape index (κ1) is 17.0. The Morgan fingerprint density at radius 3 is 2.65 bits per heavy atom. The summed E-state index contributed by atoms with van der Waals surface area (Å²) in [5, 5.41) is 18.8. The van der Waals surface area contributed by atoms with Crippen LogP contribution in [0.5, 0.6) is 11.5 Å². The van der Waals surface area contributed by atoms with Crippen LogP contribution in [0.25, 0.3) is 17.0 Å². The van der Waals surface area contributed by atoms with E-state index in [1.54, 1.807) is 25.4 Å². The van der Waals surface area contributed by atoms with Crippen LogP contribution in [0.15, 0.2) is 60.3 Å². The lowest BCUT2D eigenvalue weighted by Crippen LogP contribution is -2.00. The average Bonchev–Trinajstić information content (AvgIpc) is 2.70. The number of benzene rings is 2. The molecule has 0 atom stereocenters. The van der Waals surface area contributed by atoms with E-state index in [4.69, 9.17) is 20.0 Å². The molecule has 1 aromatic heterocycles. The zero-order chi connectivity index (χ0) is 18.4. The maximum absolute atomic E-state index is 8.91. The fourth-order valence-electron chi connectivity index (χ4n) is 2.61. The molecule has 3 rings (SSSR count). The van der Waals surface area contributed by atoms with Crippen molar-refractivity contribution in [1.82, 2.24) is 4.98 Å². The fraction of sp³-hybridized carbons (Fsp3) is 0.0952. The third kappa shape index (κ3) is 3.63. The van der Waals surface area contributed by atoms with Crippen LogP contribution < -0.4 is 9.47 Å². The highest BCUT2D eigenvalue weighted by Gasteiger charge is 2.08. The van der Waals surface area contributed by atoms with Gasteiger partial charge in [0.1, 0.15) is 41.3 Å². The SMILES string of the molecule is COc1ccc(C=C(C#N)C#N)cc1COc1cccc2cccnc12. The molecule has 5 nitrogen and oxygen atoms in total. The number of nitrogens with zero attached hydrogens (tertiary/aromatic N) is 3. The minimum atomic E-state index is 0.0419. The molecule has 0 aliphatic carbocycles. The number of methoxy groups -OCH3 is 1. The highest BCUT2D eigenvalue weighted by atomic mass is 16.5. The van der Waals surface area contributed by atoms with Gasteiger partial charge in [-0.3, -0.25) is 4.98 Å². The van der Waals surface area contributed by atoms with E-state index >= 15 is 0 Å². The number of fused-ring (bicyclic) bond motifs is 1. The summed E-state index contributed by atoms with van der Waals surface area (Å²) in [5.74, 6) is 1.35. The summed E-state index contributed by atoms with van der Waals surface area (Å²) >= 11 is 0. The molecule has 0 bridgehead atoms. The molecule has 0 amide bonds. The van der Waals surface area contributed by atoms with E-state index in [1.807, 2.05) is 48.5 Å². The number of hydrogen-bond acceptors (Lipinski definition) is 5. The Bertz CT molecular complexity index is 1040. The molecule has 126 valence electrons. The van der Waals surface area contributed by atoms with Gasteiger partial charge in [0.2, 0.25) is 0 Å². The normalized spacial score (nSPS) is 9.81. The van der Waals surface area contributed by atoms with E-state index in [0.717, 1.165) is 22.0 Å². The molecule has 0 unspecified atom stereocenters. The maximum atomic E-state index is 8.91. The van der Waals surface area contributed by atoms with Crippen LogP contribution in [0.4, 0.5) is 0 Å². The van der Waals surface area contributed by atoms with E-state index in [9.17, 15) is 0 Å². The molecule has 0 fully saturated rings. The predicted molar refractivity (Wildman–Crippen MR) is 98.3 cm³/mol. The lowest BCUT2D eigenvalue weighted by molar-refractivity contribution is 0.299. The molecule has 0 aliphatic heterocycles. The number of para-hydroxylation sites is 1. The molecule has 5 heteroatoms. The summed E-state index contributed by atoms with van der Waals surface area (Å²) in [4.78, 5) is 4.38. The summed E-state index contributed by atoms with van der Waals surface area (Å²) in [7, 11) is 1.59. The fourth-order valence-corrected chi connectivity index (χ4v) is 2.61. The monoisotopic (exact) mass is 341 g/mol. The Hall–Kier alpha value is -3.83. The number of nitriles is 2. The van der Waals surface area contributed by atoms with Gasteiger partial charge in [-0.15, -0.1) is 0 Å². The average molecular weight is 341 g/mol. The van der Waals surface area contributed by atoms with Gasteiger partial charge in [-0.1, -0.05) is 24.3 Å². The molecule has 0 saturated carbocycles. The van der Waals surface area contributed by atoms with Crippen molar-refractivity contribution in [3.05, 3.63) is 71.4 Å². The molecule has 1 heterocycles. The zero-order valence-electron chi connectivity index (χ0n) is 14.1. The number of rotatable bonds is 5. The minimum absolute atomic E-state index is 0.0419. The van der Waals surface area contributed by atoms with Crippen molar-refractivity contribution in [3.8, 4) is 23.6 Å². The largest absolute Gasteiger partial charge is 0.496 e.